The van der Waals surface area contributed by atoms with E-state index in [2.05, 4.69) is 43.8 Å². The largest absolute Gasteiger partial charge is 0.491 e. The van der Waals surface area contributed by atoms with Crippen molar-refractivity contribution >= 4 is 10.9 Å². The molecule has 0 atom stereocenters. The number of rotatable bonds is 4. The lowest BCUT2D eigenvalue weighted by Gasteiger charge is -2.22. The average molecular weight is 260 g/mol. The smallest absolute Gasteiger partial charge is 0.120 e. The Morgan fingerprint density at radius 2 is 2.00 bits per heavy atom. The molecule has 0 amide bonds. The van der Waals surface area contributed by atoms with Gasteiger partial charge >= 0.3 is 0 Å². The van der Waals surface area contributed by atoms with Crippen molar-refractivity contribution in [3.8, 4) is 5.75 Å². The van der Waals surface area contributed by atoms with Crippen LogP contribution in [0.15, 0.2) is 24.4 Å². The highest BCUT2D eigenvalue weighted by atomic mass is 16.5. The van der Waals surface area contributed by atoms with Crippen LogP contribution in [-0.2, 0) is 12.5 Å². The van der Waals surface area contributed by atoms with Crippen LogP contribution in [0.25, 0.3) is 10.9 Å². The van der Waals surface area contributed by atoms with Gasteiger partial charge in [-0.3, -0.25) is 0 Å². The topological polar surface area (TPSA) is 40.2 Å². The van der Waals surface area contributed by atoms with E-state index in [9.17, 15) is 0 Å². The second-order valence-corrected chi connectivity index (χ2v) is 6.09. The summed E-state index contributed by atoms with van der Waals surface area (Å²) in [6.45, 7) is 9.07. The molecule has 1 aromatic carbocycles. The van der Waals surface area contributed by atoms with Crippen LogP contribution in [0.1, 0.15) is 33.3 Å². The second-order valence-electron chi connectivity index (χ2n) is 6.09. The maximum atomic E-state index is 5.92. The van der Waals surface area contributed by atoms with Gasteiger partial charge in [-0.05, 0) is 37.6 Å². The quantitative estimate of drug-likeness (QED) is 0.917. The van der Waals surface area contributed by atoms with Gasteiger partial charge in [0.15, 0.2) is 0 Å². The van der Waals surface area contributed by atoms with Gasteiger partial charge in [0.1, 0.15) is 5.75 Å². The Morgan fingerprint density at radius 3 is 2.58 bits per heavy atom. The summed E-state index contributed by atoms with van der Waals surface area (Å²) in [5, 5.41) is 1.23. The van der Waals surface area contributed by atoms with Crippen molar-refractivity contribution in [2.45, 2.75) is 39.2 Å². The molecule has 0 saturated heterocycles. The molecule has 0 bridgehead atoms. The van der Waals surface area contributed by atoms with E-state index in [0.29, 0.717) is 6.54 Å². The number of ether oxygens (including phenoxy) is 1. The van der Waals surface area contributed by atoms with Gasteiger partial charge in [-0.1, -0.05) is 13.8 Å². The molecule has 0 spiro atoms. The number of aromatic nitrogens is 1. The normalized spacial score (nSPS) is 12.4. The zero-order valence-electron chi connectivity index (χ0n) is 12.5. The lowest BCUT2D eigenvalue weighted by molar-refractivity contribution is 0.243. The monoisotopic (exact) mass is 260 g/mol. The van der Waals surface area contributed by atoms with Crippen molar-refractivity contribution < 1.29 is 4.74 Å². The van der Waals surface area contributed by atoms with E-state index in [-0.39, 0.29) is 11.5 Å². The van der Waals surface area contributed by atoms with Crippen molar-refractivity contribution in [1.82, 2.24) is 4.57 Å². The molecule has 2 rings (SSSR count). The zero-order valence-corrected chi connectivity index (χ0v) is 12.5. The Morgan fingerprint density at radius 1 is 1.32 bits per heavy atom. The van der Waals surface area contributed by atoms with Crippen LogP contribution in [0.4, 0.5) is 0 Å². The maximum Gasteiger partial charge on any atom is 0.120 e. The minimum Gasteiger partial charge on any atom is -0.491 e. The Labute approximate surface area is 115 Å². The van der Waals surface area contributed by atoms with Crippen molar-refractivity contribution in [2.75, 3.05) is 6.54 Å². The van der Waals surface area contributed by atoms with E-state index in [1.807, 2.05) is 19.9 Å². The SMILES string of the molecule is CC(C)Oc1ccc2c(c1)c(C(C)(C)CN)cn2C. The lowest BCUT2D eigenvalue weighted by Crippen LogP contribution is -2.27. The molecular formula is C16H24N2O. The van der Waals surface area contributed by atoms with E-state index in [4.69, 9.17) is 10.5 Å². The highest BCUT2D eigenvalue weighted by Crippen LogP contribution is 2.33. The fourth-order valence-electron chi connectivity index (χ4n) is 2.37. The number of hydrogen-bond donors (Lipinski definition) is 1. The van der Waals surface area contributed by atoms with Gasteiger partial charge in [-0.2, -0.15) is 0 Å². The van der Waals surface area contributed by atoms with Gasteiger partial charge < -0.3 is 15.0 Å². The first-order chi connectivity index (χ1) is 8.85. The summed E-state index contributed by atoms with van der Waals surface area (Å²) in [6.07, 6.45) is 2.36. The highest BCUT2D eigenvalue weighted by molar-refractivity contribution is 5.86. The number of fused-ring (bicyclic) bond motifs is 1. The summed E-state index contributed by atoms with van der Waals surface area (Å²) < 4.78 is 7.95. The lowest BCUT2D eigenvalue weighted by atomic mass is 9.84. The molecule has 3 heteroatoms. The van der Waals surface area contributed by atoms with Crippen LogP contribution in [0.3, 0.4) is 0 Å². The Kier molecular flexibility index (Phi) is 3.59. The van der Waals surface area contributed by atoms with E-state index < -0.39 is 0 Å². The molecule has 0 saturated carbocycles. The van der Waals surface area contributed by atoms with Crippen molar-refractivity contribution in [3.05, 3.63) is 30.0 Å². The predicted molar refractivity (Wildman–Crippen MR) is 80.8 cm³/mol. The first kappa shape index (κ1) is 13.9. The van der Waals surface area contributed by atoms with Crippen LogP contribution in [0.2, 0.25) is 0 Å². The fraction of sp³-hybridized carbons (Fsp3) is 0.500. The van der Waals surface area contributed by atoms with Gasteiger partial charge in [0.2, 0.25) is 0 Å². The first-order valence-electron chi connectivity index (χ1n) is 6.81. The molecular weight excluding hydrogens is 236 g/mol. The number of benzene rings is 1. The Hall–Kier alpha value is -1.48. The summed E-state index contributed by atoms with van der Waals surface area (Å²) in [6, 6.07) is 6.27. The molecule has 1 aromatic heterocycles. The van der Waals surface area contributed by atoms with Crippen LogP contribution < -0.4 is 10.5 Å². The standard InChI is InChI=1S/C16H24N2O/c1-11(2)19-12-6-7-15-13(8-12)14(9-18(15)5)16(3,4)10-17/h6-9,11H,10,17H2,1-5H3. The Balaban J connectivity index is 2.59. The van der Waals surface area contributed by atoms with E-state index in [1.54, 1.807) is 0 Å². The third-order valence-electron chi connectivity index (χ3n) is 3.57. The molecule has 1 heterocycles. The molecule has 0 aliphatic rings. The maximum absolute atomic E-state index is 5.92. The molecule has 3 nitrogen and oxygen atoms in total. The van der Waals surface area contributed by atoms with Gasteiger partial charge in [0.25, 0.3) is 0 Å². The molecule has 104 valence electrons. The van der Waals surface area contributed by atoms with Gasteiger partial charge in [-0.25, -0.2) is 0 Å². The number of hydrogen-bond acceptors (Lipinski definition) is 2. The number of nitrogens with zero attached hydrogens (tertiary/aromatic N) is 1. The third-order valence-corrected chi connectivity index (χ3v) is 3.57. The first-order valence-corrected chi connectivity index (χ1v) is 6.81. The molecule has 2 N–H and O–H groups in total. The summed E-state index contributed by atoms with van der Waals surface area (Å²) in [5.74, 6) is 0.919. The van der Waals surface area contributed by atoms with Gasteiger partial charge in [-0.15, -0.1) is 0 Å². The van der Waals surface area contributed by atoms with Crippen LogP contribution >= 0.6 is 0 Å². The van der Waals surface area contributed by atoms with Crippen LogP contribution in [0, 0.1) is 0 Å². The molecule has 0 unspecified atom stereocenters. The van der Waals surface area contributed by atoms with Crippen LogP contribution in [0.5, 0.6) is 5.75 Å². The fourth-order valence-corrected chi connectivity index (χ4v) is 2.37. The molecule has 0 aliphatic carbocycles. The van der Waals surface area contributed by atoms with E-state index >= 15 is 0 Å². The molecule has 0 aliphatic heterocycles. The van der Waals surface area contributed by atoms with Gasteiger partial charge in [0, 0.05) is 36.1 Å². The second kappa shape index (κ2) is 4.89. The predicted octanol–water partition coefficient (Wildman–Crippen LogP) is 3.20. The molecule has 2 aromatic rings. The highest BCUT2D eigenvalue weighted by Gasteiger charge is 2.23. The minimum atomic E-state index is -0.0318. The number of nitrogens with two attached hydrogens (primary N) is 1. The zero-order chi connectivity index (χ0) is 14.2. The molecule has 0 radical (unpaired) electrons. The van der Waals surface area contributed by atoms with E-state index in [0.717, 1.165) is 5.75 Å². The summed E-state index contributed by atoms with van der Waals surface area (Å²) in [4.78, 5) is 0. The summed E-state index contributed by atoms with van der Waals surface area (Å²) >= 11 is 0. The molecule has 19 heavy (non-hydrogen) atoms. The van der Waals surface area contributed by atoms with Crippen molar-refractivity contribution in [3.63, 3.8) is 0 Å². The Bertz CT molecular complexity index is 582. The van der Waals surface area contributed by atoms with Gasteiger partial charge in [0.05, 0.1) is 6.10 Å². The minimum absolute atomic E-state index is 0.0318. The third kappa shape index (κ3) is 2.61. The summed E-state index contributed by atoms with van der Waals surface area (Å²) in [7, 11) is 2.07. The van der Waals surface area contributed by atoms with Crippen molar-refractivity contribution in [2.24, 2.45) is 12.8 Å². The van der Waals surface area contributed by atoms with Crippen molar-refractivity contribution in [1.29, 1.82) is 0 Å². The molecule has 0 fully saturated rings. The summed E-state index contributed by atoms with van der Waals surface area (Å²) in [5.41, 5.74) is 8.38. The van der Waals surface area contributed by atoms with Crippen LogP contribution in [-0.4, -0.2) is 17.2 Å². The van der Waals surface area contributed by atoms with E-state index in [1.165, 1.54) is 16.5 Å². The average Bonchev–Trinajstić information content (AvgIpc) is 2.66. The number of aryl methyl sites for hydroxylation is 1.